The lowest BCUT2D eigenvalue weighted by atomic mass is 9.97. The number of nitrogens with zero attached hydrogens (tertiary/aromatic N) is 1. The van der Waals surface area contributed by atoms with Crippen LogP contribution in [0.25, 0.3) is 0 Å². The molecule has 5 heteroatoms. The molecular formula is C14H16FNO3. The first-order chi connectivity index (χ1) is 9.11. The number of esters is 1. The number of piperidine rings is 1. The molecule has 4 nitrogen and oxygen atoms in total. The number of hydrogen-bond acceptors (Lipinski definition) is 3. The molecule has 1 aromatic carbocycles. The molecule has 1 unspecified atom stereocenters. The Labute approximate surface area is 111 Å². The number of rotatable bonds is 2. The van der Waals surface area contributed by atoms with Gasteiger partial charge in [0.05, 0.1) is 13.0 Å². The van der Waals surface area contributed by atoms with Crippen molar-refractivity contribution in [3.8, 4) is 0 Å². The Morgan fingerprint density at radius 1 is 1.32 bits per heavy atom. The zero-order valence-corrected chi connectivity index (χ0v) is 10.8. The molecule has 1 heterocycles. The summed E-state index contributed by atoms with van der Waals surface area (Å²) in [5, 5.41) is 0. The van der Waals surface area contributed by atoms with Gasteiger partial charge in [0.1, 0.15) is 5.82 Å². The second kappa shape index (κ2) is 5.82. The minimum absolute atomic E-state index is 0.173. The highest BCUT2D eigenvalue weighted by Gasteiger charge is 2.29. The maximum Gasteiger partial charge on any atom is 0.310 e. The number of methoxy groups -OCH3 is 1. The van der Waals surface area contributed by atoms with Gasteiger partial charge >= 0.3 is 5.97 Å². The van der Waals surface area contributed by atoms with Gasteiger partial charge in [-0.15, -0.1) is 0 Å². The van der Waals surface area contributed by atoms with E-state index in [1.165, 1.54) is 31.4 Å². The van der Waals surface area contributed by atoms with Crippen LogP contribution >= 0.6 is 0 Å². The van der Waals surface area contributed by atoms with Crippen molar-refractivity contribution in [2.24, 2.45) is 5.92 Å². The van der Waals surface area contributed by atoms with Crippen molar-refractivity contribution in [3.63, 3.8) is 0 Å². The van der Waals surface area contributed by atoms with Gasteiger partial charge in [0.2, 0.25) is 0 Å². The third-order valence-electron chi connectivity index (χ3n) is 3.33. The van der Waals surface area contributed by atoms with Gasteiger partial charge < -0.3 is 9.64 Å². The highest BCUT2D eigenvalue weighted by atomic mass is 19.1. The molecule has 1 aliphatic heterocycles. The monoisotopic (exact) mass is 265 g/mol. The van der Waals surface area contributed by atoms with Gasteiger partial charge in [-0.05, 0) is 37.1 Å². The summed E-state index contributed by atoms with van der Waals surface area (Å²) < 4.78 is 17.5. The van der Waals surface area contributed by atoms with Gasteiger partial charge in [0.25, 0.3) is 5.91 Å². The predicted molar refractivity (Wildman–Crippen MR) is 67.0 cm³/mol. The standard InChI is InChI=1S/C14H16FNO3/c1-19-14(18)11-3-2-8-16(9-11)13(17)10-4-6-12(15)7-5-10/h4-7,11H,2-3,8-9H2,1H3. The Bertz CT molecular complexity index is 472. The van der Waals surface area contributed by atoms with Crippen molar-refractivity contribution in [1.82, 2.24) is 4.90 Å². The Kier molecular flexibility index (Phi) is 4.14. The third-order valence-corrected chi connectivity index (χ3v) is 3.33. The molecule has 0 saturated carbocycles. The van der Waals surface area contributed by atoms with E-state index in [1.807, 2.05) is 0 Å². The van der Waals surface area contributed by atoms with Crippen molar-refractivity contribution in [2.45, 2.75) is 12.8 Å². The van der Waals surface area contributed by atoms with Crippen LogP contribution in [0.1, 0.15) is 23.2 Å². The lowest BCUT2D eigenvalue weighted by Crippen LogP contribution is -2.42. The average molecular weight is 265 g/mol. The van der Waals surface area contributed by atoms with Crippen LogP contribution in [0.4, 0.5) is 4.39 Å². The SMILES string of the molecule is COC(=O)C1CCCN(C(=O)c2ccc(F)cc2)C1. The maximum absolute atomic E-state index is 12.8. The van der Waals surface area contributed by atoms with Gasteiger partial charge in [-0.3, -0.25) is 9.59 Å². The van der Waals surface area contributed by atoms with Crippen LogP contribution in [0.2, 0.25) is 0 Å². The van der Waals surface area contributed by atoms with Crippen molar-refractivity contribution in [2.75, 3.05) is 20.2 Å². The summed E-state index contributed by atoms with van der Waals surface area (Å²) in [5.74, 6) is -1.09. The summed E-state index contributed by atoms with van der Waals surface area (Å²) in [6.45, 7) is 0.979. The molecule has 19 heavy (non-hydrogen) atoms. The van der Waals surface area contributed by atoms with Crippen LogP contribution in [0.3, 0.4) is 0 Å². The van der Waals surface area contributed by atoms with Crippen LogP contribution < -0.4 is 0 Å². The Morgan fingerprint density at radius 3 is 2.63 bits per heavy atom. The Hall–Kier alpha value is -1.91. The number of ether oxygens (including phenoxy) is 1. The topological polar surface area (TPSA) is 46.6 Å². The molecule has 2 rings (SSSR count). The lowest BCUT2D eigenvalue weighted by Gasteiger charge is -2.31. The maximum atomic E-state index is 12.8. The molecule has 0 bridgehead atoms. The highest BCUT2D eigenvalue weighted by Crippen LogP contribution is 2.19. The normalized spacial score (nSPS) is 19.1. The van der Waals surface area contributed by atoms with E-state index in [9.17, 15) is 14.0 Å². The summed E-state index contributed by atoms with van der Waals surface area (Å²) >= 11 is 0. The van der Waals surface area contributed by atoms with Crippen LogP contribution in [0.15, 0.2) is 24.3 Å². The number of carbonyl (C=O) groups is 2. The minimum atomic E-state index is -0.373. The van der Waals surface area contributed by atoms with Gasteiger partial charge in [-0.2, -0.15) is 0 Å². The van der Waals surface area contributed by atoms with E-state index < -0.39 is 0 Å². The van der Waals surface area contributed by atoms with Gasteiger partial charge in [-0.1, -0.05) is 0 Å². The molecule has 1 amide bonds. The van der Waals surface area contributed by atoms with E-state index in [2.05, 4.69) is 0 Å². The van der Waals surface area contributed by atoms with Crippen molar-refractivity contribution >= 4 is 11.9 Å². The molecule has 102 valence electrons. The summed E-state index contributed by atoms with van der Waals surface area (Å²) in [6, 6.07) is 5.43. The molecule has 1 atom stereocenters. The van der Waals surface area contributed by atoms with Crippen LogP contribution in [0.5, 0.6) is 0 Å². The number of hydrogen-bond donors (Lipinski definition) is 0. The molecule has 0 N–H and O–H groups in total. The summed E-state index contributed by atoms with van der Waals surface area (Å²) in [7, 11) is 1.35. The van der Waals surface area contributed by atoms with Crippen molar-refractivity contribution in [1.29, 1.82) is 0 Å². The molecule has 1 aromatic rings. The zero-order valence-electron chi connectivity index (χ0n) is 10.8. The molecule has 0 aliphatic carbocycles. The molecule has 1 fully saturated rings. The molecular weight excluding hydrogens is 249 g/mol. The van der Waals surface area contributed by atoms with E-state index in [0.29, 0.717) is 18.7 Å². The van der Waals surface area contributed by atoms with E-state index in [1.54, 1.807) is 4.90 Å². The van der Waals surface area contributed by atoms with E-state index in [4.69, 9.17) is 4.74 Å². The smallest absolute Gasteiger partial charge is 0.310 e. The first-order valence-corrected chi connectivity index (χ1v) is 6.24. The quantitative estimate of drug-likeness (QED) is 0.767. The number of carbonyl (C=O) groups excluding carboxylic acids is 2. The van der Waals surface area contributed by atoms with Gasteiger partial charge in [-0.25, -0.2) is 4.39 Å². The van der Waals surface area contributed by atoms with Crippen LogP contribution in [-0.2, 0) is 9.53 Å². The Balaban J connectivity index is 2.06. The van der Waals surface area contributed by atoms with Gasteiger partial charge in [0, 0.05) is 18.7 Å². The van der Waals surface area contributed by atoms with Crippen molar-refractivity contribution < 1.29 is 18.7 Å². The zero-order chi connectivity index (χ0) is 13.8. The molecule has 1 aliphatic rings. The highest BCUT2D eigenvalue weighted by molar-refractivity contribution is 5.94. The van der Waals surface area contributed by atoms with Gasteiger partial charge in [0.15, 0.2) is 0 Å². The molecule has 1 saturated heterocycles. The molecule has 0 aromatic heterocycles. The third kappa shape index (κ3) is 3.10. The number of likely N-dealkylation sites (tertiary alicyclic amines) is 1. The second-order valence-corrected chi connectivity index (χ2v) is 4.62. The van der Waals surface area contributed by atoms with E-state index in [0.717, 1.165) is 12.8 Å². The minimum Gasteiger partial charge on any atom is -0.469 e. The van der Waals surface area contributed by atoms with Crippen LogP contribution in [0, 0.1) is 11.7 Å². The fraction of sp³-hybridized carbons (Fsp3) is 0.429. The summed E-state index contributed by atoms with van der Waals surface area (Å²) in [6.07, 6.45) is 1.51. The number of halogens is 1. The first kappa shape index (κ1) is 13.5. The Morgan fingerprint density at radius 2 is 2.00 bits per heavy atom. The summed E-state index contributed by atoms with van der Waals surface area (Å²) in [5.41, 5.74) is 0.437. The number of amides is 1. The number of benzene rings is 1. The summed E-state index contributed by atoms with van der Waals surface area (Å²) in [4.78, 5) is 25.3. The van der Waals surface area contributed by atoms with E-state index in [-0.39, 0.29) is 23.6 Å². The predicted octanol–water partition coefficient (Wildman–Crippen LogP) is 1.85. The first-order valence-electron chi connectivity index (χ1n) is 6.24. The molecule has 0 radical (unpaired) electrons. The lowest BCUT2D eigenvalue weighted by molar-refractivity contribution is -0.146. The van der Waals surface area contributed by atoms with Crippen LogP contribution in [-0.4, -0.2) is 37.0 Å². The fourth-order valence-corrected chi connectivity index (χ4v) is 2.30. The van der Waals surface area contributed by atoms with E-state index >= 15 is 0 Å². The largest absolute Gasteiger partial charge is 0.469 e. The molecule has 0 spiro atoms. The van der Waals surface area contributed by atoms with Crippen molar-refractivity contribution in [3.05, 3.63) is 35.6 Å². The fourth-order valence-electron chi connectivity index (χ4n) is 2.30. The second-order valence-electron chi connectivity index (χ2n) is 4.62. The average Bonchev–Trinajstić information content (AvgIpc) is 2.46.